The lowest BCUT2D eigenvalue weighted by Gasteiger charge is -2.02. The molecule has 4 heteroatoms. The Kier molecular flexibility index (Phi) is 5.16. The van der Waals surface area contributed by atoms with Gasteiger partial charge in [0.1, 0.15) is 0 Å². The Morgan fingerprint density at radius 3 is 2.70 bits per heavy atom. The molecule has 20 heavy (non-hydrogen) atoms. The van der Waals surface area contributed by atoms with E-state index in [1.807, 2.05) is 12.1 Å². The number of para-hydroxylation sites is 1. The Labute approximate surface area is 117 Å². The minimum absolute atomic E-state index is 0.127. The SMILES string of the molecule is O=C(O)C(F)CCCCCCc1cc2ccccc2[nH]1. The van der Waals surface area contributed by atoms with Gasteiger partial charge in [0.2, 0.25) is 0 Å². The summed E-state index contributed by atoms with van der Waals surface area (Å²) < 4.78 is 12.8. The van der Waals surface area contributed by atoms with Gasteiger partial charge in [-0.15, -0.1) is 0 Å². The monoisotopic (exact) mass is 277 g/mol. The van der Waals surface area contributed by atoms with E-state index in [0.717, 1.165) is 31.2 Å². The number of carboxylic acids is 1. The number of carboxylic acid groups (broad SMARTS) is 1. The molecule has 2 aromatic rings. The second kappa shape index (κ2) is 7.08. The van der Waals surface area contributed by atoms with Gasteiger partial charge >= 0.3 is 5.97 Å². The van der Waals surface area contributed by atoms with E-state index in [4.69, 9.17) is 5.11 Å². The molecule has 0 aliphatic rings. The Hall–Kier alpha value is -1.84. The number of benzene rings is 1. The molecule has 0 radical (unpaired) electrons. The van der Waals surface area contributed by atoms with Gasteiger partial charge in [-0.3, -0.25) is 0 Å². The zero-order chi connectivity index (χ0) is 14.4. The van der Waals surface area contributed by atoms with E-state index in [0.29, 0.717) is 6.42 Å². The topological polar surface area (TPSA) is 53.1 Å². The number of aromatic nitrogens is 1. The molecule has 0 fully saturated rings. The Morgan fingerprint density at radius 1 is 1.20 bits per heavy atom. The van der Waals surface area contributed by atoms with Crippen molar-refractivity contribution in [2.24, 2.45) is 0 Å². The molecule has 0 bridgehead atoms. The fourth-order valence-electron chi connectivity index (χ4n) is 2.38. The number of unbranched alkanes of at least 4 members (excludes halogenated alkanes) is 3. The number of carbonyl (C=O) groups is 1. The predicted molar refractivity (Wildman–Crippen MR) is 77.6 cm³/mol. The molecular weight excluding hydrogens is 257 g/mol. The van der Waals surface area contributed by atoms with Crippen LogP contribution in [-0.2, 0) is 11.2 Å². The number of rotatable bonds is 8. The fourth-order valence-corrected chi connectivity index (χ4v) is 2.38. The second-order valence-corrected chi connectivity index (χ2v) is 5.14. The zero-order valence-electron chi connectivity index (χ0n) is 11.4. The lowest BCUT2D eigenvalue weighted by atomic mass is 10.1. The summed E-state index contributed by atoms with van der Waals surface area (Å²) in [6.45, 7) is 0. The van der Waals surface area contributed by atoms with E-state index in [-0.39, 0.29) is 6.42 Å². The predicted octanol–water partition coefficient (Wildman–Crippen LogP) is 4.08. The van der Waals surface area contributed by atoms with Crippen molar-refractivity contribution < 1.29 is 14.3 Å². The number of nitrogens with one attached hydrogen (secondary N) is 1. The van der Waals surface area contributed by atoms with Gasteiger partial charge in [0, 0.05) is 11.2 Å². The summed E-state index contributed by atoms with van der Waals surface area (Å²) in [5.74, 6) is -1.34. The van der Waals surface area contributed by atoms with Gasteiger partial charge in [0.25, 0.3) is 0 Å². The van der Waals surface area contributed by atoms with E-state index in [1.54, 1.807) is 0 Å². The van der Waals surface area contributed by atoms with Crippen molar-refractivity contribution in [1.29, 1.82) is 0 Å². The first-order chi connectivity index (χ1) is 9.66. The molecule has 0 aliphatic heterocycles. The molecule has 3 nitrogen and oxygen atoms in total. The van der Waals surface area contributed by atoms with Gasteiger partial charge in [-0.25, -0.2) is 9.18 Å². The maximum absolute atomic E-state index is 12.8. The number of halogens is 1. The fraction of sp³-hybridized carbons (Fsp3) is 0.438. The van der Waals surface area contributed by atoms with Crippen molar-refractivity contribution in [2.45, 2.75) is 44.7 Å². The van der Waals surface area contributed by atoms with Crippen LogP contribution < -0.4 is 0 Å². The molecule has 108 valence electrons. The molecule has 2 rings (SSSR count). The quantitative estimate of drug-likeness (QED) is 0.714. The summed E-state index contributed by atoms with van der Waals surface area (Å²) in [6, 6.07) is 10.3. The lowest BCUT2D eigenvalue weighted by Crippen LogP contribution is -2.13. The van der Waals surface area contributed by atoms with Crippen LogP contribution in [0.1, 0.15) is 37.8 Å². The van der Waals surface area contributed by atoms with Crippen LogP contribution in [0.3, 0.4) is 0 Å². The minimum atomic E-state index is -1.70. The number of fused-ring (bicyclic) bond motifs is 1. The molecule has 2 N–H and O–H groups in total. The van der Waals surface area contributed by atoms with Crippen molar-refractivity contribution in [3.8, 4) is 0 Å². The van der Waals surface area contributed by atoms with Crippen LogP contribution in [0.5, 0.6) is 0 Å². The van der Waals surface area contributed by atoms with E-state index >= 15 is 0 Å². The van der Waals surface area contributed by atoms with Crippen LogP contribution >= 0.6 is 0 Å². The maximum Gasteiger partial charge on any atom is 0.338 e. The van der Waals surface area contributed by atoms with E-state index in [9.17, 15) is 9.18 Å². The summed E-state index contributed by atoms with van der Waals surface area (Å²) in [6.07, 6.45) is 2.96. The van der Waals surface area contributed by atoms with Crippen LogP contribution in [0.4, 0.5) is 4.39 Å². The van der Waals surface area contributed by atoms with Gasteiger partial charge in [0.05, 0.1) is 0 Å². The van der Waals surface area contributed by atoms with Crippen LogP contribution in [0.2, 0.25) is 0 Å². The highest BCUT2D eigenvalue weighted by Crippen LogP contribution is 2.17. The zero-order valence-corrected chi connectivity index (χ0v) is 11.4. The Morgan fingerprint density at radius 2 is 1.95 bits per heavy atom. The van der Waals surface area contributed by atoms with Crippen molar-refractivity contribution in [3.05, 3.63) is 36.0 Å². The summed E-state index contributed by atoms with van der Waals surface area (Å²) in [5, 5.41) is 9.65. The molecule has 0 amide bonds. The molecule has 1 heterocycles. The number of aromatic amines is 1. The molecule has 0 saturated carbocycles. The number of alkyl halides is 1. The standard InChI is InChI=1S/C16H20FNO2/c17-14(16(19)20)9-4-2-1-3-8-13-11-12-7-5-6-10-15(12)18-13/h5-7,10-11,14,18H,1-4,8-9H2,(H,19,20). The number of hydrogen-bond donors (Lipinski definition) is 2. The third-order valence-electron chi connectivity index (χ3n) is 3.51. The molecule has 1 aromatic carbocycles. The third-order valence-corrected chi connectivity index (χ3v) is 3.51. The van der Waals surface area contributed by atoms with Gasteiger partial charge in [-0.1, -0.05) is 31.0 Å². The molecule has 0 aliphatic carbocycles. The third kappa shape index (κ3) is 4.08. The van der Waals surface area contributed by atoms with E-state index in [2.05, 4.69) is 23.2 Å². The number of hydrogen-bond acceptors (Lipinski definition) is 1. The summed E-state index contributed by atoms with van der Waals surface area (Å²) in [5.41, 5.74) is 2.38. The number of H-pyrrole nitrogens is 1. The largest absolute Gasteiger partial charge is 0.479 e. The normalized spacial score (nSPS) is 12.7. The molecule has 0 saturated heterocycles. The first kappa shape index (κ1) is 14.6. The average Bonchev–Trinajstić information content (AvgIpc) is 2.84. The number of aliphatic carboxylic acids is 1. The van der Waals surface area contributed by atoms with Crippen molar-refractivity contribution in [3.63, 3.8) is 0 Å². The molecular formula is C16H20FNO2. The Bertz CT molecular complexity index is 531. The smallest absolute Gasteiger partial charge is 0.338 e. The van der Waals surface area contributed by atoms with Crippen molar-refractivity contribution >= 4 is 16.9 Å². The van der Waals surface area contributed by atoms with Crippen LogP contribution in [0, 0.1) is 0 Å². The van der Waals surface area contributed by atoms with Gasteiger partial charge in [0.15, 0.2) is 6.17 Å². The molecule has 1 aromatic heterocycles. The van der Waals surface area contributed by atoms with Crippen molar-refractivity contribution in [1.82, 2.24) is 4.98 Å². The first-order valence-electron chi connectivity index (χ1n) is 7.10. The van der Waals surface area contributed by atoms with Gasteiger partial charge in [-0.2, -0.15) is 0 Å². The summed E-state index contributed by atoms with van der Waals surface area (Å²) >= 11 is 0. The highest BCUT2D eigenvalue weighted by molar-refractivity contribution is 5.80. The average molecular weight is 277 g/mol. The molecule has 1 unspecified atom stereocenters. The highest BCUT2D eigenvalue weighted by atomic mass is 19.1. The van der Waals surface area contributed by atoms with Crippen LogP contribution in [0.15, 0.2) is 30.3 Å². The van der Waals surface area contributed by atoms with E-state index < -0.39 is 12.1 Å². The van der Waals surface area contributed by atoms with Gasteiger partial charge < -0.3 is 10.1 Å². The second-order valence-electron chi connectivity index (χ2n) is 5.14. The Balaban J connectivity index is 1.65. The van der Waals surface area contributed by atoms with Crippen LogP contribution in [0.25, 0.3) is 10.9 Å². The highest BCUT2D eigenvalue weighted by Gasteiger charge is 2.14. The van der Waals surface area contributed by atoms with Gasteiger partial charge in [-0.05, 0) is 43.2 Å². The minimum Gasteiger partial charge on any atom is -0.479 e. The summed E-state index contributed by atoms with van der Waals surface area (Å²) in [7, 11) is 0. The molecule has 1 atom stereocenters. The first-order valence-corrected chi connectivity index (χ1v) is 7.10. The maximum atomic E-state index is 12.8. The summed E-state index contributed by atoms with van der Waals surface area (Å²) in [4.78, 5) is 13.7. The molecule has 0 spiro atoms. The number of aryl methyl sites for hydroxylation is 1. The van der Waals surface area contributed by atoms with Crippen LogP contribution in [-0.4, -0.2) is 22.2 Å². The lowest BCUT2D eigenvalue weighted by molar-refractivity contribution is -0.143. The van der Waals surface area contributed by atoms with Crippen molar-refractivity contribution in [2.75, 3.05) is 0 Å². The van der Waals surface area contributed by atoms with E-state index in [1.165, 1.54) is 11.1 Å².